The molecule has 2 aromatic carbocycles. The lowest BCUT2D eigenvalue weighted by atomic mass is 9.85. The molecule has 2 bridgehead atoms. The Balaban J connectivity index is 1.44. The largest absolute Gasteiger partial charge is 0.456 e. The zero-order valence-electron chi connectivity index (χ0n) is 13.8. The number of para-hydroxylation sites is 1. The van der Waals surface area contributed by atoms with Gasteiger partial charge in [-0.1, -0.05) is 42.0 Å². The zero-order valence-corrected chi connectivity index (χ0v) is 14.6. The Morgan fingerprint density at radius 3 is 2.19 bits per heavy atom. The smallest absolute Gasteiger partial charge is 0.238 e. The van der Waals surface area contributed by atoms with E-state index in [-0.39, 0.29) is 35.5 Å². The van der Waals surface area contributed by atoms with E-state index in [9.17, 15) is 9.59 Å². The number of carbonyl (C=O) groups excluding carboxylic acids is 2. The maximum Gasteiger partial charge on any atom is 0.238 e. The van der Waals surface area contributed by atoms with Gasteiger partial charge in [0, 0.05) is 0 Å². The van der Waals surface area contributed by atoms with Gasteiger partial charge in [-0.15, -0.1) is 0 Å². The summed E-state index contributed by atoms with van der Waals surface area (Å²) in [7, 11) is 0. The average molecular weight is 366 g/mol. The highest BCUT2D eigenvalue weighted by Crippen LogP contribution is 2.53. The molecule has 2 aliphatic carbocycles. The third kappa shape index (κ3) is 2.22. The molecule has 1 aliphatic heterocycles. The number of nitrogens with zero attached hydrogens (tertiary/aromatic N) is 1. The summed E-state index contributed by atoms with van der Waals surface area (Å²) in [6.45, 7) is 0. The molecule has 1 saturated carbocycles. The number of halogens is 1. The predicted octanol–water partition coefficient (Wildman–Crippen LogP) is 4.44. The first-order chi connectivity index (χ1) is 12.6. The van der Waals surface area contributed by atoms with Crippen LogP contribution >= 0.6 is 11.6 Å². The van der Waals surface area contributed by atoms with Gasteiger partial charge in [0.2, 0.25) is 11.8 Å². The molecule has 4 atom stereocenters. The predicted molar refractivity (Wildman–Crippen MR) is 98.2 cm³/mol. The third-order valence-electron chi connectivity index (χ3n) is 5.62. The van der Waals surface area contributed by atoms with Crippen molar-refractivity contribution >= 4 is 29.1 Å². The van der Waals surface area contributed by atoms with Gasteiger partial charge in [-0.25, -0.2) is 4.90 Å². The van der Waals surface area contributed by atoms with Gasteiger partial charge in [0.15, 0.2) is 0 Å². The van der Waals surface area contributed by atoms with Crippen LogP contribution in [0.15, 0.2) is 60.7 Å². The van der Waals surface area contributed by atoms with Gasteiger partial charge in [0.25, 0.3) is 0 Å². The maximum absolute atomic E-state index is 12.9. The van der Waals surface area contributed by atoms with Gasteiger partial charge in [-0.2, -0.15) is 0 Å². The number of ether oxygens (including phenoxy) is 1. The van der Waals surface area contributed by atoms with Crippen LogP contribution in [-0.2, 0) is 9.59 Å². The Kier molecular flexibility index (Phi) is 3.44. The molecule has 2 amide bonds. The van der Waals surface area contributed by atoms with Gasteiger partial charge in [0.05, 0.1) is 22.5 Å². The van der Waals surface area contributed by atoms with Crippen LogP contribution in [0.5, 0.6) is 11.5 Å². The summed E-state index contributed by atoms with van der Waals surface area (Å²) >= 11 is 6.36. The van der Waals surface area contributed by atoms with Gasteiger partial charge < -0.3 is 4.74 Å². The molecule has 2 fully saturated rings. The topological polar surface area (TPSA) is 46.6 Å². The second kappa shape index (κ2) is 5.71. The van der Waals surface area contributed by atoms with E-state index < -0.39 is 0 Å². The molecule has 3 aliphatic rings. The van der Waals surface area contributed by atoms with E-state index in [2.05, 4.69) is 12.2 Å². The van der Waals surface area contributed by atoms with Crippen molar-refractivity contribution < 1.29 is 14.3 Å². The number of anilines is 1. The number of hydrogen-bond acceptors (Lipinski definition) is 3. The molecular weight excluding hydrogens is 350 g/mol. The molecule has 5 heteroatoms. The number of carbonyl (C=O) groups is 2. The fraction of sp³-hybridized carbons (Fsp3) is 0.238. The van der Waals surface area contributed by atoms with Crippen molar-refractivity contribution in [3.8, 4) is 11.5 Å². The van der Waals surface area contributed by atoms with E-state index in [0.717, 1.165) is 6.42 Å². The Bertz CT molecular complexity index is 910. The minimum atomic E-state index is -0.212. The van der Waals surface area contributed by atoms with Gasteiger partial charge in [0.1, 0.15) is 11.5 Å². The lowest BCUT2D eigenvalue weighted by molar-refractivity contribution is -0.123. The fourth-order valence-corrected chi connectivity index (χ4v) is 4.70. The van der Waals surface area contributed by atoms with Crippen molar-refractivity contribution in [2.24, 2.45) is 23.7 Å². The van der Waals surface area contributed by atoms with Crippen LogP contribution in [0.2, 0.25) is 5.02 Å². The normalized spacial score (nSPS) is 28.7. The monoisotopic (exact) mass is 365 g/mol. The maximum atomic E-state index is 12.9. The standard InChI is InChI=1S/C21H16ClNO3/c22-16-11-14(8-9-17(16)26-15-4-2-1-3-5-15)23-20(24)18-12-6-7-13(10-12)19(18)21(23)25/h1-9,11-13,18-19H,10H2/t12-,13+,18+,19-. The van der Waals surface area contributed by atoms with E-state index in [0.29, 0.717) is 22.2 Å². The van der Waals surface area contributed by atoms with Crippen LogP contribution in [0.3, 0.4) is 0 Å². The Hall–Kier alpha value is -2.59. The van der Waals surface area contributed by atoms with E-state index >= 15 is 0 Å². The van der Waals surface area contributed by atoms with Gasteiger partial charge >= 0.3 is 0 Å². The average Bonchev–Trinajstić information content (AvgIpc) is 3.32. The van der Waals surface area contributed by atoms with Gasteiger partial charge in [-0.3, -0.25) is 9.59 Å². The minimum absolute atomic E-state index is 0.107. The highest BCUT2D eigenvalue weighted by molar-refractivity contribution is 6.33. The summed E-state index contributed by atoms with van der Waals surface area (Å²) in [5.41, 5.74) is 0.513. The summed E-state index contributed by atoms with van der Waals surface area (Å²) in [6.07, 6.45) is 5.10. The van der Waals surface area contributed by atoms with Crippen LogP contribution in [0.1, 0.15) is 6.42 Å². The number of fused-ring (bicyclic) bond motifs is 5. The molecule has 2 aromatic rings. The molecule has 1 heterocycles. The molecule has 26 heavy (non-hydrogen) atoms. The third-order valence-corrected chi connectivity index (χ3v) is 5.91. The first kappa shape index (κ1) is 15.6. The number of imide groups is 1. The van der Waals surface area contributed by atoms with E-state index in [1.165, 1.54) is 4.90 Å². The summed E-state index contributed by atoms with van der Waals surface area (Å²) < 4.78 is 5.77. The van der Waals surface area contributed by atoms with E-state index in [1.54, 1.807) is 18.2 Å². The Labute approximate surface area is 156 Å². The van der Waals surface area contributed by atoms with Crippen LogP contribution in [0.25, 0.3) is 0 Å². The van der Waals surface area contributed by atoms with Crippen molar-refractivity contribution in [3.63, 3.8) is 0 Å². The molecule has 0 radical (unpaired) electrons. The summed E-state index contributed by atoms with van der Waals surface area (Å²) in [4.78, 5) is 27.0. The highest BCUT2D eigenvalue weighted by Gasteiger charge is 2.59. The van der Waals surface area contributed by atoms with Crippen molar-refractivity contribution in [2.45, 2.75) is 6.42 Å². The molecule has 5 rings (SSSR count). The molecule has 0 aromatic heterocycles. The SMILES string of the molecule is O=C1[C@@H]2[C@H](C(=O)N1c1ccc(Oc3ccccc3)c(Cl)c1)[C@H]1C=C[C@@H]2C1. The van der Waals surface area contributed by atoms with Crippen molar-refractivity contribution in [1.82, 2.24) is 0 Å². The number of amides is 2. The fourth-order valence-electron chi connectivity index (χ4n) is 4.48. The molecule has 1 saturated heterocycles. The van der Waals surface area contributed by atoms with Crippen molar-refractivity contribution in [1.29, 1.82) is 0 Å². The molecular formula is C21H16ClNO3. The lowest BCUT2D eigenvalue weighted by Crippen LogP contribution is -2.32. The van der Waals surface area contributed by atoms with Crippen molar-refractivity contribution in [3.05, 3.63) is 65.7 Å². The number of allylic oxidation sites excluding steroid dienone is 2. The second-order valence-electron chi connectivity index (χ2n) is 7.04. The second-order valence-corrected chi connectivity index (χ2v) is 7.45. The quantitative estimate of drug-likeness (QED) is 0.596. The first-order valence-corrected chi connectivity index (χ1v) is 9.10. The Morgan fingerprint density at radius 2 is 1.58 bits per heavy atom. The number of hydrogen-bond donors (Lipinski definition) is 0. The van der Waals surface area contributed by atoms with Gasteiger partial charge in [-0.05, 0) is 48.6 Å². The summed E-state index contributed by atoms with van der Waals surface area (Å²) in [5, 5.41) is 0.366. The van der Waals surface area contributed by atoms with Crippen LogP contribution in [0, 0.1) is 23.7 Å². The zero-order chi connectivity index (χ0) is 17.8. The number of rotatable bonds is 3. The van der Waals surface area contributed by atoms with Crippen molar-refractivity contribution in [2.75, 3.05) is 4.90 Å². The Morgan fingerprint density at radius 1 is 0.923 bits per heavy atom. The van der Waals surface area contributed by atoms with E-state index in [4.69, 9.17) is 16.3 Å². The highest BCUT2D eigenvalue weighted by atomic mass is 35.5. The first-order valence-electron chi connectivity index (χ1n) is 8.72. The van der Waals surface area contributed by atoms with Crippen LogP contribution < -0.4 is 9.64 Å². The molecule has 0 unspecified atom stereocenters. The van der Waals surface area contributed by atoms with Crippen LogP contribution in [-0.4, -0.2) is 11.8 Å². The molecule has 0 N–H and O–H groups in total. The summed E-state index contributed by atoms with van der Waals surface area (Å²) in [6, 6.07) is 14.4. The summed E-state index contributed by atoms with van der Waals surface area (Å²) in [5.74, 6) is 0.919. The number of benzene rings is 2. The van der Waals surface area contributed by atoms with E-state index in [1.807, 2.05) is 30.3 Å². The molecule has 0 spiro atoms. The molecule has 4 nitrogen and oxygen atoms in total. The minimum Gasteiger partial charge on any atom is -0.456 e. The van der Waals surface area contributed by atoms with Crippen LogP contribution in [0.4, 0.5) is 5.69 Å². The lowest BCUT2D eigenvalue weighted by Gasteiger charge is -2.18. The molecule has 130 valence electrons.